The molecule has 22 heavy (non-hydrogen) atoms. The van der Waals surface area contributed by atoms with E-state index in [2.05, 4.69) is 18.9 Å². The van der Waals surface area contributed by atoms with Crippen molar-refractivity contribution >= 4 is 0 Å². The van der Waals surface area contributed by atoms with Crippen LogP contribution < -0.4 is 0 Å². The van der Waals surface area contributed by atoms with E-state index < -0.39 is 5.60 Å². The highest BCUT2D eigenvalue weighted by Gasteiger charge is 2.61. The van der Waals surface area contributed by atoms with E-state index in [-0.39, 0.29) is 11.5 Å². The number of fused-ring (bicyclic) bond motifs is 5. The summed E-state index contributed by atoms with van der Waals surface area (Å²) < 4.78 is 0. The third kappa shape index (κ3) is 1.82. The van der Waals surface area contributed by atoms with E-state index in [9.17, 15) is 10.2 Å². The molecule has 0 aromatic rings. The summed E-state index contributed by atoms with van der Waals surface area (Å²) in [4.78, 5) is 0. The summed E-state index contributed by atoms with van der Waals surface area (Å²) in [6.45, 7) is 2.25. The Hall–Kier alpha value is -0.780. The molecule has 2 N–H and O–H groups in total. The molecule has 0 aromatic heterocycles. The molecule has 0 spiro atoms. The third-order valence-electron chi connectivity index (χ3n) is 7.82. The lowest BCUT2D eigenvalue weighted by Crippen LogP contribution is -2.52. The van der Waals surface area contributed by atoms with Crippen LogP contribution in [0.1, 0.15) is 58.3 Å². The minimum atomic E-state index is -0.887. The Bertz CT molecular complexity index is 544. The molecule has 7 atom stereocenters. The summed E-state index contributed by atoms with van der Waals surface area (Å²) in [5.74, 6) is 5.50. The second-order valence-electron chi connectivity index (χ2n) is 8.47. The van der Waals surface area contributed by atoms with Crippen molar-refractivity contribution in [1.29, 1.82) is 0 Å². The van der Waals surface area contributed by atoms with Crippen molar-refractivity contribution in [3.63, 3.8) is 0 Å². The number of allylic oxidation sites excluding steroid dienone is 1. The Kier molecular flexibility index (Phi) is 3.26. The lowest BCUT2D eigenvalue weighted by atomic mass is 9.50. The first-order valence-electron chi connectivity index (χ1n) is 9.07. The van der Waals surface area contributed by atoms with E-state index in [0.717, 1.165) is 50.4 Å². The number of aliphatic hydroxyl groups excluding tert-OH is 1. The predicted octanol–water partition coefficient (Wildman–Crippen LogP) is 3.28. The highest BCUT2D eigenvalue weighted by Crippen LogP contribution is 2.64. The van der Waals surface area contributed by atoms with Gasteiger partial charge in [-0.1, -0.05) is 24.5 Å². The molecule has 0 bridgehead atoms. The van der Waals surface area contributed by atoms with E-state index in [1.165, 1.54) is 18.4 Å². The van der Waals surface area contributed by atoms with E-state index in [1.807, 2.05) is 0 Å². The monoisotopic (exact) mass is 300 g/mol. The Morgan fingerprint density at radius 1 is 1.14 bits per heavy atom. The second kappa shape index (κ2) is 4.86. The maximum atomic E-state index is 10.9. The topological polar surface area (TPSA) is 40.5 Å². The summed E-state index contributed by atoms with van der Waals surface area (Å²) in [7, 11) is 0. The minimum Gasteiger partial charge on any atom is -0.389 e. The molecule has 0 aliphatic heterocycles. The highest BCUT2D eigenvalue weighted by molar-refractivity contribution is 5.25. The van der Waals surface area contributed by atoms with Crippen LogP contribution in [0.15, 0.2) is 11.6 Å². The zero-order valence-electron chi connectivity index (χ0n) is 13.6. The van der Waals surface area contributed by atoms with E-state index in [1.54, 1.807) is 0 Å². The van der Waals surface area contributed by atoms with Gasteiger partial charge in [-0.25, -0.2) is 0 Å². The van der Waals surface area contributed by atoms with E-state index in [0.29, 0.717) is 11.8 Å². The second-order valence-corrected chi connectivity index (χ2v) is 8.47. The quantitative estimate of drug-likeness (QED) is 0.532. The molecule has 4 aliphatic rings. The molecule has 0 saturated heterocycles. The summed E-state index contributed by atoms with van der Waals surface area (Å²) in [5.41, 5.74) is 0.550. The van der Waals surface area contributed by atoms with Gasteiger partial charge in [0.05, 0.1) is 6.10 Å². The molecule has 3 saturated carbocycles. The van der Waals surface area contributed by atoms with Gasteiger partial charge in [-0.2, -0.15) is 0 Å². The van der Waals surface area contributed by atoms with Crippen LogP contribution >= 0.6 is 0 Å². The fourth-order valence-electron chi connectivity index (χ4n) is 6.57. The average Bonchev–Trinajstić information content (AvgIpc) is 2.79. The van der Waals surface area contributed by atoms with Crippen LogP contribution in [0, 0.1) is 41.4 Å². The summed E-state index contributed by atoms with van der Waals surface area (Å²) in [6, 6.07) is 0. The molecule has 4 rings (SSSR count). The van der Waals surface area contributed by atoms with Crippen LogP contribution in [0.2, 0.25) is 0 Å². The first-order chi connectivity index (χ1) is 10.5. The number of hydrogen-bond donors (Lipinski definition) is 2. The number of aliphatic hydroxyl groups is 2. The van der Waals surface area contributed by atoms with Gasteiger partial charge in [-0.15, -0.1) is 6.42 Å². The normalized spacial score (nSPS) is 53.7. The van der Waals surface area contributed by atoms with Gasteiger partial charge < -0.3 is 10.2 Å². The van der Waals surface area contributed by atoms with Crippen LogP contribution in [0.5, 0.6) is 0 Å². The van der Waals surface area contributed by atoms with E-state index in [4.69, 9.17) is 6.42 Å². The fourth-order valence-corrected chi connectivity index (χ4v) is 6.57. The average molecular weight is 300 g/mol. The van der Waals surface area contributed by atoms with Gasteiger partial charge in [0.15, 0.2) is 0 Å². The highest BCUT2D eigenvalue weighted by atomic mass is 16.3. The molecule has 2 nitrogen and oxygen atoms in total. The fraction of sp³-hybridized carbons (Fsp3) is 0.800. The largest absolute Gasteiger partial charge is 0.389 e. The Balaban J connectivity index is 1.64. The molecule has 0 heterocycles. The van der Waals surface area contributed by atoms with Crippen LogP contribution in [-0.2, 0) is 0 Å². The lowest BCUT2D eigenvalue weighted by molar-refractivity contribution is -0.0865. The Morgan fingerprint density at radius 3 is 2.73 bits per heavy atom. The third-order valence-corrected chi connectivity index (χ3v) is 7.82. The van der Waals surface area contributed by atoms with Gasteiger partial charge in [-0.3, -0.25) is 0 Å². The molecule has 0 radical (unpaired) electrons. The van der Waals surface area contributed by atoms with E-state index >= 15 is 0 Å². The van der Waals surface area contributed by atoms with Crippen molar-refractivity contribution in [2.45, 2.75) is 70.0 Å². The van der Waals surface area contributed by atoms with Gasteiger partial charge in [0.25, 0.3) is 0 Å². The van der Waals surface area contributed by atoms with Gasteiger partial charge in [-0.05, 0) is 75.0 Å². The maximum absolute atomic E-state index is 10.9. The summed E-state index contributed by atoms with van der Waals surface area (Å²) in [6.07, 6.45) is 16.2. The van der Waals surface area contributed by atoms with Crippen LogP contribution in [0.25, 0.3) is 0 Å². The SMILES string of the molecule is C#C[C@]1(O)CC[C@@H]2[C@@H]3CCC4=C[C@H](O)CC[C@@H]4[C@H]3CC[C@@]21C. The van der Waals surface area contributed by atoms with Gasteiger partial charge in [0.1, 0.15) is 5.60 Å². The van der Waals surface area contributed by atoms with Crippen molar-refractivity contribution in [1.82, 2.24) is 0 Å². The zero-order valence-corrected chi connectivity index (χ0v) is 13.6. The zero-order chi connectivity index (χ0) is 15.5. The van der Waals surface area contributed by atoms with Crippen molar-refractivity contribution in [3.8, 4) is 12.3 Å². The number of hydrogen-bond acceptors (Lipinski definition) is 2. The van der Waals surface area contributed by atoms with Crippen molar-refractivity contribution in [2.24, 2.45) is 29.1 Å². The Morgan fingerprint density at radius 2 is 1.95 bits per heavy atom. The Labute approximate surface area is 134 Å². The van der Waals surface area contributed by atoms with Crippen LogP contribution in [-0.4, -0.2) is 21.9 Å². The van der Waals surface area contributed by atoms with Gasteiger partial charge >= 0.3 is 0 Å². The van der Waals surface area contributed by atoms with Crippen molar-refractivity contribution in [2.75, 3.05) is 0 Å². The molecule has 0 unspecified atom stereocenters. The van der Waals surface area contributed by atoms with Crippen molar-refractivity contribution in [3.05, 3.63) is 11.6 Å². The molecule has 0 amide bonds. The lowest BCUT2D eigenvalue weighted by Gasteiger charge is -2.55. The van der Waals surface area contributed by atoms with Crippen molar-refractivity contribution < 1.29 is 10.2 Å². The first kappa shape index (κ1) is 14.8. The standard InChI is InChI=1S/C20H28O2/c1-3-20(22)11-9-18-17-6-4-13-12-14(21)5-7-15(13)16(17)8-10-19(18,20)2/h1,12,14-18,21-22H,4-11H2,2H3/t14-,15+,16-,17-,18-,19+,20+/m1/s1. The predicted molar refractivity (Wildman–Crippen MR) is 86.9 cm³/mol. The maximum Gasteiger partial charge on any atom is 0.130 e. The van der Waals surface area contributed by atoms with Crippen LogP contribution in [0.4, 0.5) is 0 Å². The minimum absolute atomic E-state index is 0.0850. The molecule has 2 heteroatoms. The first-order valence-corrected chi connectivity index (χ1v) is 9.07. The summed E-state index contributed by atoms with van der Waals surface area (Å²) in [5, 5.41) is 20.8. The molecule has 0 aromatic carbocycles. The smallest absolute Gasteiger partial charge is 0.130 e. The van der Waals surface area contributed by atoms with Gasteiger partial charge in [0, 0.05) is 5.41 Å². The molecular formula is C20H28O2. The molecule has 120 valence electrons. The molecular weight excluding hydrogens is 272 g/mol. The number of terminal acetylenes is 1. The molecule has 3 fully saturated rings. The van der Waals surface area contributed by atoms with Gasteiger partial charge in [0.2, 0.25) is 0 Å². The number of rotatable bonds is 0. The summed E-state index contributed by atoms with van der Waals surface area (Å²) >= 11 is 0. The molecule has 4 aliphatic carbocycles. The van der Waals surface area contributed by atoms with Crippen LogP contribution in [0.3, 0.4) is 0 Å².